The Bertz CT molecular complexity index is 414. The van der Waals surface area contributed by atoms with Gasteiger partial charge in [0.15, 0.2) is 0 Å². The highest BCUT2D eigenvalue weighted by Gasteiger charge is 2.26. The molecule has 0 spiro atoms. The first kappa shape index (κ1) is 13.5. The Morgan fingerprint density at radius 3 is 2.65 bits per heavy atom. The molecule has 0 bridgehead atoms. The molecule has 1 aromatic carbocycles. The van der Waals surface area contributed by atoms with Crippen molar-refractivity contribution in [3.05, 3.63) is 23.8 Å². The van der Waals surface area contributed by atoms with Gasteiger partial charge in [0, 0.05) is 6.54 Å². The minimum atomic E-state index is -0.587. The molecule has 0 unspecified atom stereocenters. The number of carbonyl (C=O) groups excluding carboxylic acids is 1. The second kappa shape index (κ2) is 5.19. The van der Waals surface area contributed by atoms with Crippen LogP contribution in [0.25, 0.3) is 0 Å². The maximum absolute atomic E-state index is 12.0. The van der Waals surface area contributed by atoms with Crippen LogP contribution in [0.4, 0.5) is 5.69 Å². The highest BCUT2D eigenvalue weighted by Crippen LogP contribution is 2.27. The highest BCUT2D eigenvalue weighted by molar-refractivity contribution is 5.96. The van der Waals surface area contributed by atoms with E-state index in [4.69, 9.17) is 10.5 Å². The van der Waals surface area contributed by atoms with Crippen LogP contribution in [0.3, 0.4) is 0 Å². The molecule has 0 heterocycles. The Labute approximate surface area is 102 Å². The number of rotatable bonds is 4. The van der Waals surface area contributed by atoms with Gasteiger partial charge in [0.05, 0.1) is 18.2 Å². The molecule has 1 amide bonds. The fraction of sp³-hybridized carbons (Fsp3) is 0.462. The van der Waals surface area contributed by atoms with Gasteiger partial charge in [-0.05, 0) is 38.5 Å². The average molecular weight is 236 g/mol. The minimum Gasteiger partial charge on any atom is -0.495 e. The molecular weight excluding hydrogens is 216 g/mol. The molecule has 0 aromatic heterocycles. The molecular formula is C13H20N2O2. The molecule has 0 fully saturated rings. The summed E-state index contributed by atoms with van der Waals surface area (Å²) in [7, 11) is 1.58. The van der Waals surface area contributed by atoms with Gasteiger partial charge in [-0.2, -0.15) is 0 Å². The molecule has 0 radical (unpaired) electrons. The zero-order valence-electron chi connectivity index (χ0n) is 10.8. The largest absolute Gasteiger partial charge is 0.495 e. The number of nitrogens with two attached hydrogens (primary N) is 1. The molecule has 3 N–H and O–H groups in total. The number of hydrogen-bond acceptors (Lipinski definition) is 3. The Hall–Kier alpha value is -1.55. The lowest BCUT2D eigenvalue weighted by atomic mass is 9.92. The maximum atomic E-state index is 12.0. The quantitative estimate of drug-likeness (QED) is 0.839. The van der Waals surface area contributed by atoms with Gasteiger partial charge in [0.2, 0.25) is 5.91 Å². The van der Waals surface area contributed by atoms with E-state index in [1.165, 1.54) is 0 Å². The molecule has 0 saturated carbocycles. The third kappa shape index (κ3) is 3.20. The van der Waals surface area contributed by atoms with Gasteiger partial charge in [-0.25, -0.2) is 0 Å². The number of benzene rings is 1. The zero-order chi connectivity index (χ0) is 13.1. The number of ether oxygens (including phenoxy) is 1. The van der Waals surface area contributed by atoms with Crippen molar-refractivity contribution in [1.82, 2.24) is 0 Å². The number of aryl methyl sites for hydroxylation is 1. The van der Waals surface area contributed by atoms with Crippen molar-refractivity contribution in [2.24, 2.45) is 11.1 Å². The van der Waals surface area contributed by atoms with E-state index in [0.717, 1.165) is 5.56 Å². The molecule has 0 saturated heterocycles. The van der Waals surface area contributed by atoms with Crippen LogP contribution in [0.15, 0.2) is 18.2 Å². The van der Waals surface area contributed by atoms with E-state index in [2.05, 4.69) is 5.32 Å². The molecule has 4 heteroatoms. The molecule has 94 valence electrons. The summed E-state index contributed by atoms with van der Waals surface area (Å²) in [6.07, 6.45) is 0. The van der Waals surface area contributed by atoms with Crippen LogP contribution in [0.5, 0.6) is 5.75 Å². The van der Waals surface area contributed by atoms with Crippen LogP contribution in [0, 0.1) is 12.3 Å². The van der Waals surface area contributed by atoms with Crippen molar-refractivity contribution in [2.75, 3.05) is 19.0 Å². The zero-order valence-corrected chi connectivity index (χ0v) is 10.8. The Morgan fingerprint density at radius 2 is 2.12 bits per heavy atom. The lowest BCUT2D eigenvalue weighted by Gasteiger charge is -2.22. The number of hydrogen-bond donors (Lipinski definition) is 2. The number of anilines is 1. The van der Waals surface area contributed by atoms with Gasteiger partial charge in [-0.3, -0.25) is 4.79 Å². The van der Waals surface area contributed by atoms with Crippen molar-refractivity contribution in [2.45, 2.75) is 20.8 Å². The van der Waals surface area contributed by atoms with Crippen molar-refractivity contribution in [1.29, 1.82) is 0 Å². The second-order valence-corrected chi connectivity index (χ2v) is 4.75. The fourth-order valence-electron chi connectivity index (χ4n) is 1.29. The Kier molecular flexibility index (Phi) is 4.12. The minimum absolute atomic E-state index is 0.109. The van der Waals surface area contributed by atoms with Crippen LogP contribution in [0.2, 0.25) is 0 Å². The van der Waals surface area contributed by atoms with Crippen molar-refractivity contribution in [3.63, 3.8) is 0 Å². The Morgan fingerprint density at radius 1 is 1.47 bits per heavy atom. The first-order valence-electron chi connectivity index (χ1n) is 5.57. The summed E-state index contributed by atoms with van der Waals surface area (Å²) in [5.74, 6) is 0.549. The normalized spacial score (nSPS) is 11.1. The summed E-state index contributed by atoms with van der Waals surface area (Å²) in [6.45, 7) is 5.89. The SMILES string of the molecule is COc1cc(C)ccc1NC(=O)C(C)(C)CN. The molecule has 1 aromatic rings. The van der Waals surface area contributed by atoms with Crippen LogP contribution in [-0.4, -0.2) is 19.6 Å². The topological polar surface area (TPSA) is 64.3 Å². The van der Waals surface area contributed by atoms with Gasteiger partial charge in [0.1, 0.15) is 5.75 Å². The van der Waals surface area contributed by atoms with E-state index < -0.39 is 5.41 Å². The third-order valence-corrected chi connectivity index (χ3v) is 2.73. The van der Waals surface area contributed by atoms with Gasteiger partial charge in [-0.1, -0.05) is 6.07 Å². The standard InChI is InChI=1S/C13H20N2O2/c1-9-5-6-10(11(7-9)17-4)15-12(16)13(2,3)8-14/h5-7H,8,14H2,1-4H3,(H,15,16). The van der Waals surface area contributed by atoms with Crippen LogP contribution in [0.1, 0.15) is 19.4 Å². The Balaban J connectivity index is 2.92. The summed E-state index contributed by atoms with van der Waals surface area (Å²) in [5.41, 5.74) is 6.73. The van der Waals surface area contributed by atoms with Gasteiger partial charge < -0.3 is 15.8 Å². The van der Waals surface area contributed by atoms with Gasteiger partial charge in [-0.15, -0.1) is 0 Å². The fourth-order valence-corrected chi connectivity index (χ4v) is 1.29. The second-order valence-electron chi connectivity index (χ2n) is 4.75. The summed E-state index contributed by atoms with van der Waals surface area (Å²) >= 11 is 0. The number of methoxy groups -OCH3 is 1. The molecule has 0 aliphatic carbocycles. The molecule has 0 aliphatic heterocycles. The molecule has 0 atom stereocenters. The van der Waals surface area contributed by atoms with Crippen molar-refractivity contribution in [3.8, 4) is 5.75 Å². The summed E-state index contributed by atoms with van der Waals surface area (Å²) in [4.78, 5) is 12.0. The number of carbonyl (C=O) groups is 1. The van der Waals surface area contributed by atoms with E-state index in [-0.39, 0.29) is 5.91 Å². The van der Waals surface area contributed by atoms with E-state index in [0.29, 0.717) is 18.0 Å². The number of amides is 1. The first-order chi connectivity index (χ1) is 7.90. The molecule has 0 aliphatic rings. The van der Waals surface area contributed by atoms with Crippen LogP contribution < -0.4 is 15.8 Å². The van der Waals surface area contributed by atoms with Crippen LogP contribution >= 0.6 is 0 Å². The van der Waals surface area contributed by atoms with Crippen molar-refractivity contribution >= 4 is 11.6 Å². The predicted molar refractivity (Wildman–Crippen MR) is 69.2 cm³/mol. The lowest BCUT2D eigenvalue weighted by Crippen LogP contribution is -2.37. The third-order valence-electron chi connectivity index (χ3n) is 2.73. The predicted octanol–water partition coefficient (Wildman–Crippen LogP) is 1.93. The number of nitrogens with one attached hydrogen (secondary N) is 1. The lowest BCUT2D eigenvalue weighted by molar-refractivity contribution is -0.123. The van der Waals surface area contributed by atoms with E-state index >= 15 is 0 Å². The van der Waals surface area contributed by atoms with E-state index in [1.807, 2.05) is 39.0 Å². The molecule has 1 rings (SSSR count). The van der Waals surface area contributed by atoms with Crippen LogP contribution in [-0.2, 0) is 4.79 Å². The summed E-state index contributed by atoms with van der Waals surface area (Å²) < 4.78 is 5.23. The molecule has 4 nitrogen and oxygen atoms in total. The molecule has 17 heavy (non-hydrogen) atoms. The van der Waals surface area contributed by atoms with Gasteiger partial charge >= 0.3 is 0 Å². The smallest absolute Gasteiger partial charge is 0.231 e. The summed E-state index contributed by atoms with van der Waals surface area (Å²) in [5, 5.41) is 2.84. The summed E-state index contributed by atoms with van der Waals surface area (Å²) in [6, 6.07) is 5.64. The van der Waals surface area contributed by atoms with Gasteiger partial charge in [0.25, 0.3) is 0 Å². The van der Waals surface area contributed by atoms with E-state index in [9.17, 15) is 4.79 Å². The first-order valence-corrected chi connectivity index (χ1v) is 5.57. The average Bonchev–Trinajstić information content (AvgIpc) is 2.31. The monoisotopic (exact) mass is 236 g/mol. The maximum Gasteiger partial charge on any atom is 0.231 e. The highest BCUT2D eigenvalue weighted by atomic mass is 16.5. The van der Waals surface area contributed by atoms with E-state index in [1.54, 1.807) is 7.11 Å². The van der Waals surface area contributed by atoms with Crippen molar-refractivity contribution < 1.29 is 9.53 Å².